The van der Waals surface area contributed by atoms with Crippen LogP contribution in [-0.4, -0.2) is 37.1 Å². The topological polar surface area (TPSA) is 80.3 Å². The molecule has 1 aromatic heterocycles. The number of hydrogen-bond donors (Lipinski definition) is 2. The van der Waals surface area contributed by atoms with Crippen LogP contribution < -0.4 is 10.6 Å². The Morgan fingerprint density at radius 1 is 1.39 bits per heavy atom. The normalized spacial score (nSPS) is 11.0. The summed E-state index contributed by atoms with van der Waals surface area (Å²) in [4.78, 5) is 25.4. The molecule has 130 valence electrons. The van der Waals surface area contributed by atoms with Gasteiger partial charge < -0.3 is 15.4 Å². The first kappa shape index (κ1) is 21.0. The van der Waals surface area contributed by atoms with E-state index in [9.17, 15) is 4.79 Å². The molecule has 1 unspecified atom stereocenters. The average molecular weight is 323 g/mol. The van der Waals surface area contributed by atoms with Gasteiger partial charge in [0.05, 0.1) is 17.9 Å². The van der Waals surface area contributed by atoms with Crippen LogP contribution in [0, 0.1) is 0 Å². The van der Waals surface area contributed by atoms with Crippen LogP contribution in [0.4, 0.5) is 0 Å². The zero-order valence-electron chi connectivity index (χ0n) is 14.8. The summed E-state index contributed by atoms with van der Waals surface area (Å²) < 4.78 is 5.09. The largest absolute Gasteiger partial charge is 0.462 e. The van der Waals surface area contributed by atoms with Crippen molar-refractivity contribution in [2.45, 2.75) is 53.1 Å². The maximum absolute atomic E-state index is 12.0. The van der Waals surface area contributed by atoms with Crippen molar-refractivity contribution in [2.24, 2.45) is 0 Å². The lowest BCUT2D eigenvalue weighted by atomic mass is 10.1. The number of carbonyl (C=O) groups excluding carboxylic acids is 2. The first-order chi connectivity index (χ1) is 11.0. The van der Waals surface area contributed by atoms with E-state index in [-0.39, 0.29) is 5.97 Å². The molecule has 1 amide bonds. The molecule has 0 radical (unpaired) electrons. The SMILES string of the molecule is CCOC(=O)c1cc(CC)cnc1CNC(C)CC.CNC=O. The average Bonchev–Trinajstić information content (AvgIpc) is 2.59. The number of amides is 1. The lowest BCUT2D eigenvalue weighted by molar-refractivity contribution is -0.109. The number of aryl methyl sites for hydroxylation is 1. The quantitative estimate of drug-likeness (QED) is 0.565. The summed E-state index contributed by atoms with van der Waals surface area (Å²) in [7, 11) is 1.56. The van der Waals surface area contributed by atoms with Crippen LogP contribution in [-0.2, 0) is 22.5 Å². The number of nitrogens with one attached hydrogen (secondary N) is 2. The minimum Gasteiger partial charge on any atom is -0.462 e. The lowest BCUT2D eigenvalue weighted by Crippen LogP contribution is -2.26. The highest BCUT2D eigenvalue weighted by Crippen LogP contribution is 2.12. The van der Waals surface area contributed by atoms with Gasteiger partial charge in [-0.05, 0) is 38.3 Å². The summed E-state index contributed by atoms with van der Waals surface area (Å²) in [5.41, 5.74) is 2.39. The number of hydrogen-bond acceptors (Lipinski definition) is 5. The van der Waals surface area contributed by atoms with Crippen LogP contribution in [0.15, 0.2) is 12.3 Å². The van der Waals surface area contributed by atoms with Crippen LogP contribution in [0.3, 0.4) is 0 Å². The highest BCUT2D eigenvalue weighted by Gasteiger charge is 2.15. The molecule has 0 saturated carbocycles. The molecule has 1 heterocycles. The van der Waals surface area contributed by atoms with Gasteiger partial charge in [-0.3, -0.25) is 9.78 Å². The zero-order chi connectivity index (χ0) is 17.7. The van der Waals surface area contributed by atoms with Gasteiger partial charge in [0.1, 0.15) is 0 Å². The molecular formula is C17H29N3O3. The first-order valence-corrected chi connectivity index (χ1v) is 8.03. The van der Waals surface area contributed by atoms with Crippen molar-refractivity contribution in [2.75, 3.05) is 13.7 Å². The van der Waals surface area contributed by atoms with Gasteiger partial charge in [-0.15, -0.1) is 0 Å². The van der Waals surface area contributed by atoms with E-state index >= 15 is 0 Å². The summed E-state index contributed by atoms with van der Waals surface area (Å²) in [6.07, 6.45) is 4.36. The van der Waals surface area contributed by atoms with Crippen molar-refractivity contribution in [3.63, 3.8) is 0 Å². The monoisotopic (exact) mass is 323 g/mol. The maximum Gasteiger partial charge on any atom is 0.340 e. The number of aromatic nitrogens is 1. The molecule has 1 atom stereocenters. The Kier molecular flexibility index (Phi) is 11.5. The first-order valence-electron chi connectivity index (χ1n) is 8.03. The number of esters is 1. The molecule has 1 rings (SSSR count). The van der Waals surface area contributed by atoms with E-state index in [4.69, 9.17) is 9.53 Å². The molecule has 0 aliphatic heterocycles. The van der Waals surface area contributed by atoms with E-state index in [0.717, 1.165) is 24.1 Å². The predicted molar refractivity (Wildman–Crippen MR) is 91.3 cm³/mol. The third kappa shape index (κ3) is 8.30. The van der Waals surface area contributed by atoms with Gasteiger partial charge in [-0.1, -0.05) is 13.8 Å². The van der Waals surface area contributed by atoms with Gasteiger partial charge in [0, 0.05) is 25.8 Å². The summed E-state index contributed by atoms with van der Waals surface area (Å²) in [5.74, 6) is -0.286. The minimum absolute atomic E-state index is 0.286. The van der Waals surface area contributed by atoms with E-state index in [0.29, 0.717) is 31.2 Å². The van der Waals surface area contributed by atoms with Crippen molar-refractivity contribution in [1.29, 1.82) is 0 Å². The molecule has 6 heteroatoms. The molecule has 1 aromatic rings. The van der Waals surface area contributed by atoms with Gasteiger partial charge in [0.15, 0.2) is 0 Å². The standard InChI is InChI=1S/C15H24N2O2.C2H5NO/c1-5-11(4)16-10-14-13(15(18)19-7-3)8-12(6-2)9-17-14;1-3-2-4/h8-9,11,16H,5-7,10H2,1-4H3;2H,1H3,(H,3,4). The van der Waals surface area contributed by atoms with Gasteiger partial charge in [-0.2, -0.15) is 0 Å². The number of rotatable bonds is 8. The molecule has 6 nitrogen and oxygen atoms in total. The fourth-order valence-electron chi connectivity index (χ4n) is 1.67. The van der Waals surface area contributed by atoms with Crippen molar-refractivity contribution < 1.29 is 14.3 Å². The smallest absolute Gasteiger partial charge is 0.340 e. The van der Waals surface area contributed by atoms with Gasteiger partial charge in [-0.25, -0.2) is 4.79 Å². The summed E-state index contributed by atoms with van der Waals surface area (Å²) in [6.45, 7) is 9.07. The Bertz CT molecular complexity index is 478. The molecule has 0 aliphatic rings. The Morgan fingerprint density at radius 2 is 2.04 bits per heavy atom. The van der Waals surface area contributed by atoms with Crippen molar-refractivity contribution in [1.82, 2.24) is 15.6 Å². The van der Waals surface area contributed by atoms with E-state index in [1.165, 1.54) is 0 Å². The number of ether oxygens (including phenoxy) is 1. The minimum atomic E-state index is -0.286. The van der Waals surface area contributed by atoms with Crippen LogP contribution in [0.2, 0.25) is 0 Å². The molecular weight excluding hydrogens is 294 g/mol. The maximum atomic E-state index is 12.0. The molecule has 0 saturated heterocycles. The third-order valence-corrected chi connectivity index (χ3v) is 3.28. The number of carbonyl (C=O) groups is 2. The van der Waals surface area contributed by atoms with Crippen molar-refractivity contribution in [3.8, 4) is 0 Å². The molecule has 2 N–H and O–H groups in total. The fourth-order valence-corrected chi connectivity index (χ4v) is 1.67. The number of pyridine rings is 1. The summed E-state index contributed by atoms with van der Waals surface area (Å²) in [5, 5.41) is 5.60. The van der Waals surface area contributed by atoms with Gasteiger partial charge >= 0.3 is 5.97 Å². The number of nitrogens with zero attached hydrogens (tertiary/aromatic N) is 1. The van der Waals surface area contributed by atoms with Crippen molar-refractivity contribution in [3.05, 3.63) is 29.1 Å². The zero-order valence-corrected chi connectivity index (χ0v) is 14.8. The van der Waals surface area contributed by atoms with Crippen molar-refractivity contribution >= 4 is 12.4 Å². The Balaban J connectivity index is 0.00000108. The lowest BCUT2D eigenvalue weighted by Gasteiger charge is -2.13. The second kappa shape index (κ2) is 12.6. The molecule has 0 aromatic carbocycles. The third-order valence-electron chi connectivity index (χ3n) is 3.28. The van der Waals surface area contributed by atoms with Gasteiger partial charge in [0.25, 0.3) is 0 Å². The second-order valence-electron chi connectivity index (χ2n) is 5.01. The molecule has 0 spiro atoms. The highest BCUT2D eigenvalue weighted by molar-refractivity contribution is 5.90. The van der Waals surface area contributed by atoms with E-state index in [2.05, 4.69) is 29.5 Å². The van der Waals surface area contributed by atoms with Gasteiger partial charge in [0.2, 0.25) is 6.41 Å². The molecule has 0 fully saturated rings. The van der Waals surface area contributed by atoms with Crippen LogP contribution >= 0.6 is 0 Å². The molecule has 0 bridgehead atoms. The van der Waals surface area contributed by atoms with Crippen LogP contribution in [0.1, 0.15) is 55.7 Å². The Morgan fingerprint density at radius 3 is 2.52 bits per heavy atom. The summed E-state index contributed by atoms with van der Waals surface area (Å²) in [6, 6.07) is 2.29. The second-order valence-corrected chi connectivity index (χ2v) is 5.01. The van der Waals surface area contributed by atoms with E-state index in [1.807, 2.05) is 26.1 Å². The highest BCUT2D eigenvalue weighted by atomic mass is 16.5. The summed E-state index contributed by atoms with van der Waals surface area (Å²) >= 11 is 0. The fraction of sp³-hybridized carbons (Fsp3) is 0.588. The Hall–Kier alpha value is -1.95. The Labute approximate surface area is 139 Å². The van der Waals surface area contributed by atoms with E-state index in [1.54, 1.807) is 7.05 Å². The van der Waals surface area contributed by atoms with Crippen LogP contribution in [0.5, 0.6) is 0 Å². The molecule has 0 aliphatic carbocycles. The molecule has 23 heavy (non-hydrogen) atoms. The van der Waals surface area contributed by atoms with Crippen LogP contribution in [0.25, 0.3) is 0 Å². The van der Waals surface area contributed by atoms with E-state index < -0.39 is 0 Å². The predicted octanol–water partition coefficient (Wildman–Crippen LogP) is 2.07.